The normalized spacial score (nSPS) is 23.3. The molecule has 2 aliphatic heterocycles. The quantitative estimate of drug-likeness (QED) is 0.868. The van der Waals surface area contributed by atoms with Crippen LogP contribution in [-0.2, 0) is 24.8 Å². The van der Waals surface area contributed by atoms with E-state index in [1.807, 2.05) is 31.7 Å². The number of aromatic nitrogens is 2. The Morgan fingerprint density at radius 2 is 2.09 bits per heavy atom. The number of hydrogen-bond acceptors (Lipinski definition) is 3. The Balaban J connectivity index is 1.29. The molecule has 122 valence electrons. The second-order valence-electron chi connectivity index (χ2n) is 7.11. The highest BCUT2D eigenvalue weighted by molar-refractivity contribution is 5.17. The van der Waals surface area contributed by atoms with Gasteiger partial charge in [-0.3, -0.25) is 4.90 Å². The molecule has 2 saturated heterocycles. The van der Waals surface area contributed by atoms with Crippen molar-refractivity contribution >= 4 is 0 Å². The van der Waals surface area contributed by atoms with Crippen LogP contribution >= 0.6 is 0 Å². The summed E-state index contributed by atoms with van der Waals surface area (Å²) in [5.41, 5.74) is 2.73. The van der Waals surface area contributed by atoms with Crippen molar-refractivity contribution in [2.24, 2.45) is 12.5 Å². The van der Waals surface area contributed by atoms with Crippen LogP contribution < -0.4 is 0 Å². The maximum atomic E-state index is 13.0. The summed E-state index contributed by atoms with van der Waals surface area (Å²) < 4.78 is 21.1. The Kier molecular flexibility index (Phi) is 3.70. The van der Waals surface area contributed by atoms with Gasteiger partial charge in [-0.25, -0.2) is 9.37 Å². The molecule has 4 rings (SSSR count). The first kappa shape index (κ1) is 14.8. The lowest BCUT2D eigenvalue weighted by atomic mass is 9.77. The van der Waals surface area contributed by atoms with Crippen molar-refractivity contribution < 1.29 is 9.13 Å². The van der Waals surface area contributed by atoms with Crippen LogP contribution in [0.1, 0.15) is 17.7 Å². The highest BCUT2D eigenvalue weighted by Gasteiger charge is 2.48. The van der Waals surface area contributed by atoms with Crippen molar-refractivity contribution in [2.45, 2.75) is 25.5 Å². The molecule has 2 fully saturated rings. The van der Waals surface area contributed by atoms with Crippen molar-refractivity contribution in [3.8, 4) is 0 Å². The zero-order valence-corrected chi connectivity index (χ0v) is 13.4. The molecule has 1 aromatic carbocycles. The summed E-state index contributed by atoms with van der Waals surface area (Å²) in [4.78, 5) is 6.63. The standard InChI is InChI=1S/C18H22FN3O/c1-21-13-20-8-16(21)9-22-10-18(11-22)7-17(23-12-18)6-14-2-4-15(19)5-3-14/h2-5,8,13,17H,6-7,9-12H2,1H3. The average Bonchev–Trinajstić information content (AvgIpc) is 3.09. The highest BCUT2D eigenvalue weighted by Crippen LogP contribution is 2.42. The number of aryl methyl sites for hydroxylation is 1. The number of likely N-dealkylation sites (tertiary alicyclic amines) is 1. The third kappa shape index (κ3) is 3.03. The molecule has 1 unspecified atom stereocenters. The van der Waals surface area contributed by atoms with Crippen molar-refractivity contribution in [3.63, 3.8) is 0 Å². The second kappa shape index (κ2) is 5.73. The van der Waals surface area contributed by atoms with Gasteiger partial charge in [0, 0.05) is 38.3 Å². The fraction of sp³-hybridized carbons (Fsp3) is 0.500. The Bertz CT molecular complexity index is 676. The van der Waals surface area contributed by atoms with Gasteiger partial charge in [0.05, 0.1) is 24.7 Å². The van der Waals surface area contributed by atoms with E-state index in [1.54, 1.807) is 0 Å². The van der Waals surface area contributed by atoms with Crippen LogP contribution in [0.3, 0.4) is 0 Å². The van der Waals surface area contributed by atoms with E-state index in [0.717, 1.165) is 44.6 Å². The van der Waals surface area contributed by atoms with E-state index in [-0.39, 0.29) is 11.9 Å². The molecule has 0 bridgehead atoms. The van der Waals surface area contributed by atoms with Gasteiger partial charge in [-0.2, -0.15) is 0 Å². The van der Waals surface area contributed by atoms with Crippen LogP contribution in [0.5, 0.6) is 0 Å². The molecular weight excluding hydrogens is 293 g/mol. The van der Waals surface area contributed by atoms with Gasteiger partial charge in [0.15, 0.2) is 0 Å². The smallest absolute Gasteiger partial charge is 0.123 e. The first-order chi connectivity index (χ1) is 11.1. The van der Waals surface area contributed by atoms with E-state index in [4.69, 9.17) is 4.74 Å². The van der Waals surface area contributed by atoms with Crippen LogP contribution in [-0.4, -0.2) is 40.3 Å². The minimum Gasteiger partial charge on any atom is -0.377 e. The third-order valence-electron chi connectivity index (χ3n) is 5.08. The zero-order chi connectivity index (χ0) is 15.9. The van der Waals surface area contributed by atoms with Crippen LogP contribution in [0, 0.1) is 11.2 Å². The van der Waals surface area contributed by atoms with Crippen LogP contribution in [0.15, 0.2) is 36.8 Å². The first-order valence-electron chi connectivity index (χ1n) is 8.16. The van der Waals surface area contributed by atoms with E-state index in [1.165, 1.54) is 17.8 Å². The largest absolute Gasteiger partial charge is 0.377 e. The summed E-state index contributed by atoms with van der Waals surface area (Å²) in [6, 6.07) is 6.77. The van der Waals surface area contributed by atoms with Crippen molar-refractivity contribution in [3.05, 3.63) is 53.9 Å². The molecule has 23 heavy (non-hydrogen) atoms. The average molecular weight is 315 g/mol. The van der Waals surface area contributed by atoms with Gasteiger partial charge in [-0.05, 0) is 30.5 Å². The van der Waals surface area contributed by atoms with Gasteiger partial charge < -0.3 is 9.30 Å². The molecule has 0 amide bonds. The van der Waals surface area contributed by atoms with Gasteiger partial charge in [0.2, 0.25) is 0 Å². The molecule has 3 heterocycles. The van der Waals surface area contributed by atoms with E-state index < -0.39 is 0 Å². The highest BCUT2D eigenvalue weighted by atomic mass is 19.1. The molecule has 0 N–H and O–H groups in total. The molecule has 2 aliphatic rings. The van der Waals surface area contributed by atoms with E-state index in [9.17, 15) is 4.39 Å². The fourth-order valence-electron chi connectivity index (χ4n) is 3.91. The van der Waals surface area contributed by atoms with Crippen molar-refractivity contribution in [1.82, 2.24) is 14.5 Å². The van der Waals surface area contributed by atoms with Crippen LogP contribution in [0.2, 0.25) is 0 Å². The number of ether oxygens (including phenoxy) is 1. The van der Waals surface area contributed by atoms with Gasteiger partial charge in [0.1, 0.15) is 5.82 Å². The molecule has 1 atom stereocenters. The van der Waals surface area contributed by atoms with Crippen molar-refractivity contribution in [2.75, 3.05) is 19.7 Å². The molecule has 0 saturated carbocycles. The lowest BCUT2D eigenvalue weighted by Gasteiger charge is -2.47. The number of hydrogen-bond donors (Lipinski definition) is 0. The van der Waals surface area contributed by atoms with Gasteiger partial charge in [-0.15, -0.1) is 0 Å². The number of halogens is 1. The van der Waals surface area contributed by atoms with Crippen LogP contribution in [0.25, 0.3) is 0 Å². The van der Waals surface area contributed by atoms with Crippen molar-refractivity contribution in [1.29, 1.82) is 0 Å². The molecule has 0 radical (unpaired) electrons. The second-order valence-corrected chi connectivity index (χ2v) is 7.11. The molecule has 1 aromatic heterocycles. The topological polar surface area (TPSA) is 30.3 Å². The van der Waals surface area contributed by atoms with E-state index in [2.05, 4.69) is 14.5 Å². The lowest BCUT2D eigenvalue weighted by Crippen LogP contribution is -2.56. The minimum absolute atomic E-state index is 0.178. The predicted octanol–water partition coefficient (Wildman–Crippen LogP) is 2.39. The molecule has 1 spiro atoms. The summed E-state index contributed by atoms with van der Waals surface area (Å²) in [6.45, 7) is 4.00. The number of benzene rings is 1. The SMILES string of the molecule is Cn1cncc1CN1CC2(COC(Cc3ccc(F)cc3)C2)C1. The third-order valence-corrected chi connectivity index (χ3v) is 5.08. The molecular formula is C18H22FN3O. The van der Waals surface area contributed by atoms with Gasteiger partial charge >= 0.3 is 0 Å². The van der Waals surface area contributed by atoms with Gasteiger partial charge in [-0.1, -0.05) is 12.1 Å². The Labute approximate surface area is 135 Å². The fourth-order valence-corrected chi connectivity index (χ4v) is 3.91. The predicted molar refractivity (Wildman–Crippen MR) is 85.4 cm³/mol. The minimum atomic E-state index is -0.178. The maximum Gasteiger partial charge on any atom is 0.123 e. The Morgan fingerprint density at radius 1 is 1.30 bits per heavy atom. The molecule has 2 aromatic rings. The monoisotopic (exact) mass is 315 g/mol. The van der Waals surface area contributed by atoms with Gasteiger partial charge in [0.25, 0.3) is 0 Å². The van der Waals surface area contributed by atoms with Crippen LogP contribution in [0.4, 0.5) is 4.39 Å². The Hall–Kier alpha value is -1.72. The molecule has 4 nitrogen and oxygen atoms in total. The lowest BCUT2D eigenvalue weighted by molar-refractivity contribution is -0.0152. The van der Waals surface area contributed by atoms with E-state index in [0.29, 0.717) is 5.41 Å². The zero-order valence-electron chi connectivity index (χ0n) is 13.4. The summed E-state index contributed by atoms with van der Waals surface area (Å²) in [7, 11) is 2.04. The summed E-state index contributed by atoms with van der Waals surface area (Å²) in [6.07, 6.45) is 6.03. The summed E-state index contributed by atoms with van der Waals surface area (Å²) in [5, 5.41) is 0. The number of nitrogens with zero attached hydrogens (tertiary/aromatic N) is 3. The maximum absolute atomic E-state index is 13.0. The number of imidazole rings is 1. The Morgan fingerprint density at radius 3 is 2.78 bits per heavy atom. The molecule has 5 heteroatoms. The van der Waals surface area contributed by atoms with E-state index >= 15 is 0 Å². The first-order valence-corrected chi connectivity index (χ1v) is 8.16. The molecule has 0 aliphatic carbocycles. The number of rotatable bonds is 4. The summed E-state index contributed by atoms with van der Waals surface area (Å²) >= 11 is 0. The summed E-state index contributed by atoms with van der Waals surface area (Å²) in [5.74, 6) is -0.178.